The van der Waals surface area contributed by atoms with Crippen LogP contribution in [0.2, 0.25) is 5.02 Å². The van der Waals surface area contributed by atoms with Crippen LogP contribution in [0.5, 0.6) is 0 Å². The molecule has 4 rings (SSSR count). The average molecular weight is 412 g/mol. The molecule has 1 aliphatic heterocycles. The van der Waals surface area contributed by atoms with Gasteiger partial charge in [-0.05, 0) is 42.7 Å². The fraction of sp³-hybridized carbons (Fsp3) is 0.227. The van der Waals surface area contributed by atoms with Crippen LogP contribution in [0.4, 0.5) is 0 Å². The van der Waals surface area contributed by atoms with E-state index < -0.39 is 17.5 Å². The van der Waals surface area contributed by atoms with E-state index in [0.717, 1.165) is 18.1 Å². The van der Waals surface area contributed by atoms with Crippen LogP contribution in [0.1, 0.15) is 28.6 Å². The number of benzene rings is 2. The summed E-state index contributed by atoms with van der Waals surface area (Å²) < 4.78 is 10.8. The second kappa shape index (κ2) is 7.72. The summed E-state index contributed by atoms with van der Waals surface area (Å²) in [7, 11) is 0. The molecule has 6 nitrogen and oxygen atoms in total. The predicted octanol–water partition coefficient (Wildman–Crippen LogP) is 3.58. The minimum absolute atomic E-state index is 0.223. The molecule has 0 bridgehead atoms. The van der Waals surface area contributed by atoms with E-state index in [0.29, 0.717) is 18.1 Å². The highest BCUT2D eigenvalue weighted by Crippen LogP contribution is 2.21. The van der Waals surface area contributed by atoms with Gasteiger partial charge in [0, 0.05) is 24.2 Å². The lowest BCUT2D eigenvalue weighted by atomic mass is 9.99. The number of rotatable bonds is 3. The van der Waals surface area contributed by atoms with Crippen LogP contribution in [0.15, 0.2) is 57.7 Å². The van der Waals surface area contributed by atoms with E-state index in [-0.39, 0.29) is 22.6 Å². The second-order valence-corrected chi connectivity index (χ2v) is 7.38. The third-order valence-electron chi connectivity index (χ3n) is 4.96. The van der Waals surface area contributed by atoms with Gasteiger partial charge in [-0.25, -0.2) is 4.79 Å². The fourth-order valence-electron chi connectivity index (χ4n) is 3.44. The molecule has 2 heterocycles. The molecule has 0 N–H and O–H groups in total. The molecule has 0 saturated heterocycles. The number of esters is 1. The van der Waals surface area contributed by atoms with Gasteiger partial charge in [0.15, 0.2) is 11.5 Å². The van der Waals surface area contributed by atoms with E-state index >= 15 is 0 Å². The second-order valence-electron chi connectivity index (χ2n) is 6.94. The summed E-state index contributed by atoms with van der Waals surface area (Å²) in [6.07, 6.45) is -0.246. The van der Waals surface area contributed by atoms with Crippen LogP contribution in [0, 0.1) is 0 Å². The van der Waals surface area contributed by atoms with Crippen molar-refractivity contribution in [1.29, 1.82) is 0 Å². The van der Waals surface area contributed by atoms with Gasteiger partial charge in [0.2, 0.25) is 5.76 Å². The summed E-state index contributed by atoms with van der Waals surface area (Å²) in [4.78, 5) is 39.1. The Balaban J connectivity index is 1.48. The molecule has 148 valence electrons. The van der Waals surface area contributed by atoms with Crippen molar-refractivity contribution in [2.45, 2.75) is 26.0 Å². The molecule has 0 radical (unpaired) electrons. The molecule has 29 heavy (non-hydrogen) atoms. The van der Waals surface area contributed by atoms with Gasteiger partial charge in [-0.2, -0.15) is 0 Å². The van der Waals surface area contributed by atoms with Gasteiger partial charge in [0.25, 0.3) is 5.91 Å². The Morgan fingerprint density at radius 3 is 2.69 bits per heavy atom. The van der Waals surface area contributed by atoms with Crippen molar-refractivity contribution in [1.82, 2.24) is 4.90 Å². The smallest absolute Gasteiger partial charge is 0.375 e. The van der Waals surface area contributed by atoms with Crippen molar-refractivity contribution in [3.05, 3.63) is 80.7 Å². The minimum atomic E-state index is -1.00. The van der Waals surface area contributed by atoms with E-state index in [1.54, 1.807) is 11.0 Å². The lowest BCUT2D eigenvalue weighted by Gasteiger charge is -2.30. The maximum Gasteiger partial charge on any atom is 0.375 e. The number of carbonyl (C=O) groups is 2. The minimum Gasteiger partial charge on any atom is -0.449 e. The number of carbonyl (C=O) groups excluding carboxylic acids is 2. The maximum atomic E-state index is 12.7. The molecule has 0 spiro atoms. The molecule has 3 aromatic rings. The number of ether oxygens (including phenoxy) is 1. The standard InChI is InChI=1S/C22H18ClNO5/c1-13(21(26)24-9-8-14-4-2-3-5-15(14)12-24)28-22(27)20-11-18(25)17-10-16(23)6-7-19(17)29-20/h2-7,10-11,13H,8-9,12H2,1H3/t13-/m0/s1. The molecule has 1 aliphatic rings. The molecule has 2 aromatic carbocycles. The van der Waals surface area contributed by atoms with Crippen LogP contribution in [-0.2, 0) is 22.5 Å². The van der Waals surface area contributed by atoms with Crippen LogP contribution in [-0.4, -0.2) is 29.4 Å². The Hall–Kier alpha value is -3.12. The van der Waals surface area contributed by atoms with Gasteiger partial charge >= 0.3 is 5.97 Å². The third-order valence-corrected chi connectivity index (χ3v) is 5.20. The highest BCUT2D eigenvalue weighted by atomic mass is 35.5. The highest BCUT2D eigenvalue weighted by Gasteiger charge is 2.28. The SMILES string of the molecule is C[C@H](OC(=O)c1cc(=O)c2cc(Cl)ccc2o1)C(=O)N1CCc2ccccc2C1. The number of fused-ring (bicyclic) bond motifs is 2. The van der Waals surface area contributed by atoms with Crippen molar-refractivity contribution in [2.75, 3.05) is 6.54 Å². The van der Waals surface area contributed by atoms with Crippen molar-refractivity contribution in [3.63, 3.8) is 0 Å². The van der Waals surface area contributed by atoms with Crippen LogP contribution in [0.3, 0.4) is 0 Å². The summed E-state index contributed by atoms with van der Waals surface area (Å²) >= 11 is 5.89. The Labute approximate surface area is 171 Å². The lowest BCUT2D eigenvalue weighted by molar-refractivity contribution is -0.140. The Bertz CT molecular complexity index is 1170. The van der Waals surface area contributed by atoms with Crippen molar-refractivity contribution in [2.24, 2.45) is 0 Å². The summed E-state index contributed by atoms with van der Waals surface area (Å²) in [6.45, 7) is 2.55. The zero-order valence-corrected chi connectivity index (χ0v) is 16.4. The Morgan fingerprint density at radius 2 is 1.90 bits per heavy atom. The zero-order valence-electron chi connectivity index (χ0n) is 15.7. The van der Waals surface area contributed by atoms with Crippen LogP contribution in [0.25, 0.3) is 11.0 Å². The summed E-state index contributed by atoms with van der Waals surface area (Å²) in [6, 6.07) is 13.5. The van der Waals surface area contributed by atoms with Crippen molar-refractivity contribution >= 4 is 34.4 Å². The van der Waals surface area contributed by atoms with Gasteiger partial charge in [-0.15, -0.1) is 0 Å². The molecule has 7 heteroatoms. The number of nitrogens with zero attached hydrogens (tertiary/aromatic N) is 1. The zero-order chi connectivity index (χ0) is 20.5. The average Bonchev–Trinajstić information content (AvgIpc) is 2.73. The molecule has 0 unspecified atom stereocenters. The summed E-state index contributed by atoms with van der Waals surface area (Å²) in [5.41, 5.74) is 2.12. The third kappa shape index (κ3) is 3.89. The fourth-order valence-corrected chi connectivity index (χ4v) is 3.61. The molecule has 1 atom stereocenters. The van der Waals surface area contributed by atoms with Gasteiger partial charge in [-0.3, -0.25) is 9.59 Å². The van der Waals surface area contributed by atoms with Crippen molar-refractivity contribution < 1.29 is 18.7 Å². The Morgan fingerprint density at radius 1 is 1.14 bits per heavy atom. The molecular weight excluding hydrogens is 394 g/mol. The van der Waals surface area contributed by atoms with E-state index in [2.05, 4.69) is 6.07 Å². The van der Waals surface area contributed by atoms with Gasteiger partial charge in [-0.1, -0.05) is 35.9 Å². The predicted molar refractivity (Wildman–Crippen MR) is 108 cm³/mol. The molecule has 1 aromatic heterocycles. The quantitative estimate of drug-likeness (QED) is 0.616. The summed E-state index contributed by atoms with van der Waals surface area (Å²) in [5.74, 6) is -1.41. The number of hydrogen-bond donors (Lipinski definition) is 0. The maximum absolute atomic E-state index is 12.7. The molecule has 0 fully saturated rings. The number of halogens is 1. The van der Waals surface area contributed by atoms with E-state index in [4.69, 9.17) is 20.8 Å². The first-order valence-corrected chi connectivity index (χ1v) is 9.60. The molecule has 0 saturated carbocycles. The highest BCUT2D eigenvalue weighted by molar-refractivity contribution is 6.31. The first-order valence-electron chi connectivity index (χ1n) is 9.22. The van der Waals surface area contributed by atoms with E-state index in [9.17, 15) is 14.4 Å². The summed E-state index contributed by atoms with van der Waals surface area (Å²) in [5, 5.41) is 0.660. The van der Waals surface area contributed by atoms with Gasteiger partial charge in [0.05, 0.1) is 5.39 Å². The van der Waals surface area contributed by atoms with E-state index in [1.165, 1.54) is 24.6 Å². The Kier molecular flexibility index (Phi) is 5.11. The topological polar surface area (TPSA) is 76.8 Å². The first kappa shape index (κ1) is 19.2. The van der Waals surface area contributed by atoms with Gasteiger partial charge < -0.3 is 14.1 Å². The molecule has 0 aliphatic carbocycles. The normalized spacial score (nSPS) is 14.3. The van der Waals surface area contributed by atoms with E-state index in [1.807, 2.05) is 18.2 Å². The lowest BCUT2D eigenvalue weighted by Crippen LogP contribution is -2.42. The van der Waals surface area contributed by atoms with Crippen molar-refractivity contribution in [3.8, 4) is 0 Å². The van der Waals surface area contributed by atoms with Gasteiger partial charge in [0.1, 0.15) is 5.58 Å². The first-order chi connectivity index (χ1) is 13.9. The number of hydrogen-bond acceptors (Lipinski definition) is 5. The number of amides is 1. The van der Waals surface area contributed by atoms with Crippen LogP contribution >= 0.6 is 11.6 Å². The van der Waals surface area contributed by atoms with Crippen LogP contribution < -0.4 is 5.43 Å². The largest absolute Gasteiger partial charge is 0.449 e. The molecular formula is C22H18ClNO5. The monoisotopic (exact) mass is 411 g/mol. The molecule has 1 amide bonds.